The molecular formula is C10H16N4O2. The van der Waals surface area contributed by atoms with Crippen LogP contribution in [0.5, 0.6) is 0 Å². The fraction of sp³-hybridized carbons (Fsp3) is 0.600. The van der Waals surface area contributed by atoms with Crippen molar-refractivity contribution in [2.75, 3.05) is 20.2 Å². The third-order valence-electron chi connectivity index (χ3n) is 2.84. The Morgan fingerprint density at radius 3 is 3.38 bits per heavy atom. The summed E-state index contributed by atoms with van der Waals surface area (Å²) in [5, 5.41) is 6.96. The van der Waals surface area contributed by atoms with Crippen LogP contribution in [0.4, 0.5) is 0 Å². The van der Waals surface area contributed by atoms with Gasteiger partial charge in [-0.15, -0.1) is 0 Å². The van der Waals surface area contributed by atoms with Crippen molar-refractivity contribution in [3.8, 4) is 0 Å². The van der Waals surface area contributed by atoms with Crippen LogP contribution in [0.1, 0.15) is 11.3 Å². The van der Waals surface area contributed by atoms with Gasteiger partial charge in [0.15, 0.2) is 0 Å². The molecule has 1 unspecified atom stereocenters. The number of nitrogens with zero attached hydrogens (tertiary/aromatic N) is 2. The highest BCUT2D eigenvalue weighted by molar-refractivity contribution is 5.75. The molecule has 3 N–H and O–H groups in total. The summed E-state index contributed by atoms with van der Waals surface area (Å²) in [5.74, 6) is -0.363. The summed E-state index contributed by atoms with van der Waals surface area (Å²) in [4.78, 5) is 13.3. The number of hydrogen-bond acceptors (Lipinski definition) is 5. The van der Waals surface area contributed by atoms with Crippen LogP contribution < -0.4 is 5.73 Å². The number of aromatic amines is 1. The van der Waals surface area contributed by atoms with E-state index >= 15 is 0 Å². The topological polar surface area (TPSA) is 84.2 Å². The van der Waals surface area contributed by atoms with E-state index in [1.807, 2.05) is 6.20 Å². The predicted molar refractivity (Wildman–Crippen MR) is 57.6 cm³/mol. The summed E-state index contributed by atoms with van der Waals surface area (Å²) in [6.45, 7) is 2.20. The van der Waals surface area contributed by atoms with Crippen molar-refractivity contribution in [2.45, 2.75) is 19.0 Å². The summed E-state index contributed by atoms with van der Waals surface area (Å²) < 4.78 is 4.60. The molecule has 0 aromatic carbocycles. The minimum atomic E-state index is -0.571. The molecule has 0 amide bonds. The molecular weight excluding hydrogens is 208 g/mol. The number of carbonyl (C=O) groups is 1. The Morgan fingerprint density at radius 2 is 2.62 bits per heavy atom. The monoisotopic (exact) mass is 224 g/mol. The van der Waals surface area contributed by atoms with Crippen LogP contribution in [0.2, 0.25) is 0 Å². The van der Waals surface area contributed by atoms with Gasteiger partial charge in [-0.2, -0.15) is 5.10 Å². The highest BCUT2D eigenvalue weighted by Crippen LogP contribution is 2.15. The maximum absolute atomic E-state index is 11.2. The van der Waals surface area contributed by atoms with E-state index in [-0.39, 0.29) is 5.97 Å². The SMILES string of the molecule is COC(=O)C(N)CN1CCc2[nH]ncc2C1. The molecule has 1 aromatic rings. The number of carbonyl (C=O) groups excluding carboxylic acids is 1. The molecule has 0 spiro atoms. The summed E-state index contributed by atoms with van der Waals surface area (Å²) in [6, 6.07) is -0.571. The first-order chi connectivity index (χ1) is 7.70. The number of methoxy groups -OCH3 is 1. The molecule has 1 aromatic heterocycles. The lowest BCUT2D eigenvalue weighted by atomic mass is 10.1. The molecule has 0 saturated heterocycles. The molecule has 6 heteroatoms. The molecule has 1 aliphatic rings. The number of H-pyrrole nitrogens is 1. The van der Waals surface area contributed by atoms with Crippen LogP contribution in [-0.2, 0) is 22.5 Å². The van der Waals surface area contributed by atoms with Crippen molar-refractivity contribution in [3.63, 3.8) is 0 Å². The molecule has 16 heavy (non-hydrogen) atoms. The molecule has 2 heterocycles. The van der Waals surface area contributed by atoms with Crippen molar-refractivity contribution >= 4 is 5.97 Å². The van der Waals surface area contributed by atoms with Crippen molar-refractivity contribution in [1.82, 2.24) is 15.1 Å². The zero-order valence-corrected chi connectivity index (χ0v) is 9.27. The normalized spacial score (nSPS) is 17.9. The summed E-state index contributed by atoms with van der Waals surface area (Å²) in [5.41, 5.74) is 8.08. The summed E-state index contributed by atoms with van der Waals surface area (Å²) in [6.07, 6.45) is 2.74. The fourth-order valence-corrected chi connectivity index (χ4v) is 1.94. The van der Waals surface area contributed by atoms with Crippen LogP contribution in [0, 0.1) is 0 Å². The Hall–Kier alpha value is -1.40. The van der Waals surface area contributed by atoms with E-state index in [1.54, 1.807) is 0 Å². The van der Waals surface area contributed by atoms with Crippen LogP contribution in [0.25, 0.3) is 0 Å². The number of nitrogens with two attached hydrogens (primary N) is 1. The van der Waals surface area contributed by atoms with Crippen LogP contribution >= 0.6 is 0 Å². The molecule has 1 aliphatic heterocycles. The van der Waals surface area contributed by atoms with Gasteiger partial charge >= 0.3 is 5.97 Å². The first-order valence-corrected chi connectivity index (χ1v) is 5.27. The average Bonchev–Trinajstić information content (AvgIpc) is 2.75. The number of ether oxygens (including phenoxy) is 1. The molecule has 88 valence electrons. The number of hydrogen-bond donors (Lipinski definition) is 2. The minimum Gasteiger partial charge on any atom is -0.468 e. The highest BCUT2D eigenvalue weighted by Gasteiger charge is 2.22. The first-order valence-electron chi connectivity index (χ1n) is 5.27. The summed E-state index contributed by atoms with van der Waals surface area (Å²) in [7, 11) is 1.35. The van der Waals surface area contributed by atoms with Crippen LogP contribution in [-0.4, -0.2) is 47.3 Å². The van der Waals surface area contributed by atoms with Crippen LogP contribution in [0.3, 0.4) is 0 Å². The number of esters is 1. The average molecular weight is 224 g/mol. The maximum Gasteiger partial charge on any atom is 0.323 e. The van der Waals surface area contributed by atoms with E-state index in [0.29, 0.717) is 6.54 Å². The van der Waals surface area contributed by atoms with Gasteiger partial charge in [-0.3, -0.25) is 14.8 Å². The Balaban J connectivity index is 1.92. The van der Waals surface area contributed by atoms with E-state index in [4.69, 9.17) is 5.73 Å². The standard InChI is InChI=1S/C10H16N4O2/c1-16-10(15)8(11)6-14-3-2-9-7(5-14)4-12-13-9/h4,8H,2-3,5-6,11H2,1H3,(H,12,13). The van der Waals surface area contributed by atoms with Gasteiger partial charge in [-0.25, -0.2) is 0 Å². The van der Waals surface area contributed by atoms with Crippen molar-refractivity contribution in [3.05, 3.63) is 17.5 Å². The molecule has 1 atom stereocenters. The Labute approximate surface area is 93.8 Å². The minimum absolute atomic E-state index is 0.363. The quantitative estimate of drug-likeness (QED) is 0.661. The second-order valence-corrected chi connectivity index (χ2v) is 3.99. The van der Waals surface area contributed by atoms with E-state index in [1.165, 1.54) is 18.4 Å². The molecule has 0 fully saturated rings. The third-order valence-corrected chi connectivity index (χ3v) is 2.84. The Bertz CT molecular complexity index is 377. The van der Waals surface area contributed by atoms with Crippen LogP contribution in [0.15, 0.2) is 6.20 Å². The van der Waals surface area contributed by atoms with E-state index in [0.717, 1.165) is 19.5 Å². The Morgan fingerprint density at radius 1 is 1.81 bits per heavy atom. The van der Waals surface area contributed by atoms with E-state index in [9.17, 15) is 4.79 Å². The highest BCUT2D eigenvalue weighted by atomic mass is 16.5. The Kier molecular flexibility index (Phi) is 3.21. The first kappa shape index (κ1) is 11.1. The largest absolute Gasteiger partial charge is 0.468 e. The van der Waals surface area contributed by atoms with Gasteiger partial charge in [0.2, 0.25) is 0 Å². The molecule has 0 radical (unpaired) electrons. The zero-order valence-electron chi connectivity index (χ0n) is 9.27. The van der Waals surface area contributed by atoms with Crippen molar-refractivity contribution in [1.29, 1.82) is 0 Å². The zero-order chi connectivity index (χ0) is 11.5. The second kappa shape index (κ2) is 4.63. The van der Waals surface area contributed by atoms with Gasteiger partial charge in [-0.05, 0) is 0 Å². The lowest BCUT2D eigenvalue weighted by molar-refractivity contribution is -0.142. The molecule has 0 aliphatic carbocycles. The van der Waals surface area contributed by atoms with Gasteiger partial charge in [0.1, 0.15) is 6.04 Å². The molecule has 6 nitrogen and oxygen atoms in total. The lowest BCUT2D eigenvalue weighted by Crippen LogP contribution is -2.44. The van der Waals surface area contributed by atoms with Gasteiger partial charge in [0.25, 0.3) is 0 Å². The molecule has 0 bridgehead atoms. The predicted octanol–water partition coefficient (Wildman–Crippen LogP) is -0.732. The van der Waals surface area contributed by atoms with Gasteiger partial charge in [-0.1, -0.05) is 0 Å². The fourth-order valence-electron chi connectivity index (χ4n) is 1.94. The van der Waals surface area contributed by atoms with E-state index in [2.05, 4.69) is 19.8 Å². The van der Waals surface area contributed by atoms with Gasteiger partial charge in [0, 0.05) is 37.3 Å². The number of rotatable bonds is 3. The van der Waals surface area contributed by atoms with Crippen molar-refractivity contribution < 1.29 is 9.53 Å². The van der Waals surface area contributed by atoms with Crippen molar-refractivity contribution in [2.24, 2.45) is 5.73 Å². The number of aromatic nitrogens is 2. The van der Waals surface area contributed by atoms with E-state index < -0.39 is 6.04 Å². The third kappa shape index (κ3) is 2.23. The smallest absolute Gasteiger partial charge is 0.323 e. The number of nitrogens with one attached hydrogen (secondary N) is 1. The maximum atomic E-state index is 11.2. The lowest BCUT2D eigenvalue weighted by Gasteiger charge is -2.27. The summed E-state index contributed by atoms with van der Waals surface area (Å²) >= 11 is 0. The molecule has 2 rings (SSSR count). The number of fused-ring (bicyclic) bond motifs is 1. The van der Waals surface area contributed by atoms with Gasteiger partial charge < -0.3 is 10.5 Å². The second-order valence-electron chi connectivity index (χ2n) is 3.99. The van der Waals surface area contributed by atoms with Gasteiger partial charge in [0.05, 0.1) is 13.3 Å². The molecule has 0 saturated carbocycles.